The van der Waals surface area contributed by atoms with Gasteiger partial charge in [0.2, 0.25) is 10.0 Å². The van der Waals surface area contributed by atoms with Crippen LogP contribution in [0.1, 0.15) is 27.2 Å². The van der Waals surface area contributed by atoms with Crippen molar-refractivity contribution in [3.8, 4) is 0 Å². The van der Waals surface area contributed by atoms with Crippen molar-refractivity contribution in [3.63, 3.8) is 0 Å². The molecule has 0 radical (unpaired) electrons. The first kappa shape index (κ1) is 18.1. The van der Waals surface area contributed by atoms with E-state index in [4.69, 9.17) is 5.11 Å². The van der Waals surface area contributed by atoms with Gasteiger partial charge in [0.1, 0.15) is 4.90 Å². The number of hydrogen-bond acceptors (Lipinski definition) is 4. The van der Waals surface area contributed by atoms with Crippen LogP contribution in [0.25, 0.3) is 0 Å². The number of halogens is 2. The number of carboxylic acid groups (broad SMARTS) is 1. The summed E-state index contributed by atoms with van der Waals surface area (Å²) in [5.74, 6) is -1.03. The van der Waals surface area contributed by atoms with Crippen LogP contribution >= 0.6 is 43.2 Å². The number of nitrogens with zero attached hydrogens (tertiary/aromatic N) is 1. The second-order valence-corrected chi connectivity index (χ2v) is 10.7. The minimum absolute atomic E-state index is 0.0684. The average Bonchev–Trinajstić information content (AvgIpc) is 2.55. The maximum atomic E-state index is 12.7. The van der Waals surface area contributed by atoms with Crippen LogP contribution in [0.2, 0.25) is 0 Å². The summed E-state index contributed by atoms with van der Waals surface area (Å²) in [7, 11) is -3.76. The molecule has 0 spiro atoms. The molecule has 1 N–H and O–H groups in total. The third-order valence-corrected chi connectivity index (χ3v) is 7.39. The van der Waals surface area contributed by atoms with Crippen LogP contribution in [0.4, 0.5) is 0 Å². The monoisotopic (exact) mass is 447 g/mol. The second-order valence-electron chi connectivity index (χ2n) is 5.08. The standard InChI is InChI=1S/C11H15Br2NO4S2/c1-11(2,3)14(5-4-9(15)16)20(17,18)7-6-8(12)19-10(7)13/h6H,4-5H2,1-3H3,(H,15,16). The van der Waals surface area contributed by atoms with Crippen molar-refractivity contribution in [2.75, 3.05) is 6.54 Å². The fourth-order valence-corrected chi connectivity index (χ4v) is 7.18. The molecule has 1 rings (SSSR count). The van der Waals surface area contributed by atoms with Crippen molar-refractivity contribution in [2.45, 2.75) is 37.6 Å². The van der Waals surface area contributed by atoms with Gasteiger partial charge in [-0.2, -0.15) is 4.31 Å². The molecule has 0 amide bonds. The summed E-state index contributed by atoms with van der Waals surface area (Å²) in [6.07, 6.45) is -0.237. The molecule has 0 aliphatic heterocycles. The SMILES string of the molecule is CC(C)(C)N(CCC(=O)O)S(=O)(=O)c1cc(Br)sc1Br. The van der Waals surface area contributed by atoms with Crippen molar-refractivity contribution in [1.82, 2.24) is 4.31 Å². The Hall–Kier alpha value is 0.0400. The molecule has 0 atom stereocenters. The number of sulfonamides is 1. The third kappa shape index (κ3) is 4.27. The summed E-state index contributed by atoms with van der Waals surface area (Å²) in [4.78, 5) is 10.9. The number of hydrogen-bond donors (Lipinski definition) is 1. The number of carbonyl (C=O) groups is 1. The molecule has 9 heteroatoms. The Morgan fingerprint density at radius 3 is 2.30 bits per heavy atom. The van der Waals surface area contributed by atoms with Gasteiger partial charge in [-0.1, -0.05) is 0 Å². The molecule has 114 valence electrons. The molecule has 0 bridgehead atoms. The minimum Gasteiger partial charge on any atom is -0.481 e. The highest BCUT2D eigenvalue weighted by Gasteiger charge is 2.36. The van der Waals surface area contributed by atoms with Gasteiger partial charge in [-0.3, -0.25) is 4.79 Å². The number of rotatable bonds is 5. The van der Waals surface area contributed by atoms with Gasteiger partial charge in [0.05, 0.1) is 14.0 Å². The first-order valence-electron chi connectivity index (χ1n) is 5.65. The van der Waals surface area contributed by atoms with Crippen LogP contribution in [0, 0.1) is 0 Å². The summed E-state index contributed by atoms with van der Waals surface area (Å²) in [5.41, 5.74) is -0.706. The minimum atomic E-state index is -3.76. The largest absolute Gasteiger partial charge is 0.481 e. The molecule has 1 aromatic rings. The lowest BCUT2D eigenvalue weighted by Gasteiger charge is -2.34. The molecule has 0 aliphatic carbocycles. The summed E-state index contributed by atoms with van der Waals surface area (Å²) < 4.78 is 27.8. The normalized spacial score (nSPS) is 12.9. The van der Waals surface area contributed by atoms with Gasteiger partial charge in [0.15, 0.2) is 0 Å². The zero-order valence-corrected chi connectivity index (χ0v) is 16.0. The Morgan fingerprint density at radius 1 is 1.40 bits per heavy atom. The van der Waals surface area contributed by atoms with Gasteiger partial charge >= 0.3 is 5.97 Å². The van der Waals surface area contributed by atoms with E-state index in [1.54, 1.807) is 20.8 Å². The van der Waals surface area contributed by atoms with Crippen molar-refractivity contribution in [2.24, 2.45) is 0 Å². The second kappa shape index (κ2) is 6.43. The lowest BCUT2D eigenvalue weighted by molar-refractivity contribution is -0.137. The van der Waals surface area contributed by atoms with E-state index < -0.39 is 21.5 Å². The molecule has 0 aliphatic rings. The maximum absolute atomic E-state index is 12.7. The molecule has 0 aromatic carbocycles. The van der Waals surface area contributed by atoms with Crippen LogP contribution in [-0.2, 0) is 14.8 Å². The molecule has 0 unspecified atom stereocenters. The zero-order valence-electron chi connectivity index (χ0n) is 11.2. The summed E-state index contributed by atoms with van der Waals surface area (Å²) in [6, 6.07) is 1.52. The molecule has 0 fully saturated rings. The summed E-state index contributed by atoms with van der Waals surface area (Å²) in [6.45, 7) is 5.15. The maximum Gasteiger partial charge on any atom is 0.304 e. The van der Waals surface area contributed by atoms with E-state index >= 15 is 0 Å². The number of thiophene rings is 1. The number of carboxylic acids is 1. The van der Waals surface area contributed by atoms with E-state index in [0.29, 0.717) is 7.57 Å². The molecular weight excluding hydrogens is 434 g/mol. The Balaban J connectivity index is 3.25. The van der Waals surface area contributed by atoms with Crippen molar-refractivity contribution in [1.29, 1.82) is 0 Å². The van der Waals surface area contributed by atoms with Crippen LogP contribution in [-0.4, -0.2) is 35.9 Å². The fourth-order valence-electron chi connectivity index (χ4n) is 1.63. The Morgan fingerprint density at radius 2 is 1.95 bits per heavy atom. The van der Waals surface area contributed by atoms with E-state index in [9.17, 15) is 13.2 Å². The highest BCUT2D eigenvalue weighted by atomic mass is 79.9. The lowest BCUT2D eigenvalue weighted by atomic mass is 10.1. The third-order valence-electron chi connectivity index (χ3n) is 2.47. The molecule has 0 saturated heterocycles. The lowest BCUT2D eigenvalue weighted by Crippen LogP contribution is -2.46. The highest BCUT2D eigenvalue weighted by Crippen LogP contribution is 2.37. The van der Waals surface area contributed by atoms with Crippen molar-refractivity contribution < 1.29 is 18.3 Å². The zero-order chi connectivity index (χ0) is 15.7. The van der Waals surface area contributed by atoms with Gasteiger partial charge in [-0.25, -0.2) is 8.42 Å². The molecule has 20 heavy (non-hydrogen) atoms. The van der Waals surface area contributed by atoms with Gasteiger partial charge in [-0.15, -0.1) is 11.3 Å². The van der Waals surface area contributed by atoms with E-state index in [1.165, 1.54) is 21.7 Å². The van der Waals surface area contributed by atoms with Crippen LogP contribution in [0.5, 0.6) is 0 Å². The van der Waals surface area contributed by atoms with Gasteiger partial charge in [0, 0.05) is 12.1 Å². The first-order chi connectivity index (χ1) is 8.96. The van der Waals surface area contributed by atoms with E-state index in [-0.39, 0.29) is 17.9 Å². The van der Waals surface area contributed by atoms with E-state index in [1.807, 2.05) is 0 Å². The predicted molar refractivity (Wildman–Crippen MR) is 85.6 cm³/mol. The van der Waals surface area contributed by atoms with Gasteiger partial charge < -0.3 is 5.11 Å². The van der Waals surface area contributed by atoms with E-state index in [2.05, 4.69) is 31.9 Å². The van der Waals surface area contributed by atoms with Crippen molar-refractivity contribution in [3.05, 3.63) is 13.6 Å². The Bertz CT molecular complexity index is 604. The van der Waals surface area contributed by atoms with Crippen molar-refractivity contribution >= 4 is 59.2 Å². The predicted octanol–water partition coefficient (Wildman–Crippen LogP) is 3.54. The average molecular weight is 449 g/mol. The summed E-state index contributed by atoms with van der Waals surface area (Å²) >= 11 is 7.74. The fraction of sp³-hybridized carbons (Fsp3) is 0.545. The highest BCUT2D eigenvalue weighted by molar-refractivity contribution is 9.12. The molecule has 0 saturated carbocycles. The van der Waals surface area contributed by atoms with Crippen LogP contribution in [0.3, 0.4) is 0 Å². The smallest absolute Gasteiger partial charge is 0.304 e. The molecular formula is C11H15Br2NO4S2. The molecule has 1 heterocycles. The topological polar surface area (TPSA) is 74.7 Å². The summed E-state index contributed by atoms with van der Waals surface area (Å²) in [5, 5.41) is 8.79. The van der Waals surface area contributed by atoms with E-state index in [0.717, 1.165) is 0 Å². The molecule has 5 nitrogen and oxygen atoms in total. The Labute approximate surface area is 139 Å². The van der Waals surface area contributed by atoms with Gasteiger partial charge in [0.25, 0.3) is 0 Å². The Kier molecular flexibility index (Phi) is 5.82. The van der Waals surface area contributed by atoms with Crippen LogP contribution < -0.4 is 0 Å². The molecule has 1 aromatic heterocycles. The number of aliphatic carboxylic acids is 1. The van der Waals surface area contributed by atoms with Crippen LogP contribution in [0.15, 0.2) is 18.5 Å². The quantitative estimate of drug-likeness (QED) is 0.747. The first-order valence-corrected chi connectivity index (χ1v) is 9.50. The van der Waals surface area contributed by atoms with Gasteiger partial charge in [-0.05, 0) is 58.7 Å².